The van der Waals surface area contributed by atoms with Crippen LogP contribution in [0.3, 0.4) is 0 Å². The van der Waals surface area contributed by atoms with Crippen molar-refractivity contribution in [3.8, 4) is 0 Å². The number of H-pyrrole nitrogens is 1. The standard InChI is InChI=1S/C22H25FN4O/c1-27-13-10-22(11-14-27,16-5-3-2-4-6-16)21(28)24-12-9-20-25-18-8-7-17(23)15-19(18)26-20/h2-8,15H,9-14H2,1H3,(H,24,28)(H,25,26). The number of benzene rings is 2. The number of piperidine rings is 1. The molecule has 1 fully saturated rings. The number of aromatic nitrogens is 2. The third kappa shape index (κ3) is 3.64. The van der Waals surface area contributed by atoms with Gasteiger partial charge in [0, 0.05) is 13.0 Å². The van der Waals surface area contributed by atoms with Crippen molar-refractivity contribution in [2.75, 3.05) is 26.7 Å². The number of carbonyl (C=O) groups is 1. The van der Waals surface area contributed by atoms with Crippen LogP contribution in [0.2, 0.25) is 0 Å². The van der Waals surface area contributed by atoms with Crippen LogP contribution in [0.5, 0.6) is 0 Å². The van der Waals surface area contributed by atoms with Gasteiger partial charge in [-0.05, 0) is 56.7 Å². The second kappa shape index (κ2) is 7.72. The Morgan fingerprint density at radius 1 is 1.21 bits per heavy atom. The van der Waals surface area contributed by atoms with E-state index in [1.807, 2.05) is 18.2 Å². The minimum absolute atomic E-state index is 0.0777. The van der Waals surface area contributed by atoms with E-state index < -0.39 is 5.41 Å². The molecule has 2 heterocycles. The minimum atomic E-state index is -0.481. The quantitative estimate of drug-likeness (QED) is 0.715. The molecule has 0 unspecified atom stereocenters. The number of likely N-dealkylation sites (tertiary alicyclic amines) is 1. The third-order valence-electron chi connectivity index (χ3n) is 5.74. The van der Waals surface area contributed by atoms with Crippen molar-refractivity contribution in [3.63, 3.8) is 0 Å². The normalized spacial score (nSPS) is 16.9. The average molecular weight is 380 g/mol. The summed E-state index contributed by atoms with van der Waals surface area (Å²) in [6.45, 7) is 2.29. The second-order valence-corrected chi connectivity index (χ2v) is 7.60. The van der Waals surface area contributed by atoms with E-state index in [0.717, 1.165) is 42.8 Å². The van der Waals surface area contributed by atoms with Gasteiger partial charge in [-0.1, -0.05) is 30.3 Å². The molecule has 3 aromatic rings. The smallest absolute Gasteiger partial charge is 0.230 e. The summed E-state index contributed by atoms with van der Waals surface area (Å²) >= 11 is 0. The number of rotatable bonds is 5. The molecule has 0 atom stereocenters. The maximum Gasteiger partial charge on any atom is 0.230 e. The van der Waals surface area contributed by atoms with Gasteiger partial charge >= 0.3 is 0 Å². The predicted octanol–water partition coefficient (Wildman–Crippen LogP) is 3.02. The van der Waals surface area contributed by atoms with Crippen LogP contribution in [-0.2, 0) is 16.6 Å². The number of imidazole rings is 1. The number of amides is 1. The van der Waals surface area contributed by atoms with E-state index in [9.17, 15) is 9.18 Å². The lowest BCUT2D eigenvalue weighted by Gasteiger charge is -2.39. The largest absolute Gasteiger partial charge is 0.355 e. The topological polar surface area (TPSA) is 61.0 Å². The summed E-state index contributed by atoms with van der Waals surface area (Å²) in [7, 11) is 2.09. The van der Waals surface area contributed by atoms with Crippen molar-refractivity contribution >= 4 is 16.9 Å². The molecule has 0 spiro atoms. The fourth-order valence-corrected chi connectivity index (χ4v) is 4.02. The summed E-state index contributed by atoms with van der Waals surface area (Å²) < 4.78 is 13.3. The van der Waals surface area contributed by atoms with Gasteiger partial charge in [-0.15, -0.1) is 0 Å². The Hall–Kier alpha value is -2.73. The van der Waals surface area contributed by atoms with Gasteiger partial charge < -0.3 is 15.2 Å². The number of carbonyl (C=O) groups excluding carboxylic acids is 1. The van der Waals surface area contributed by atoms with Gasteiger partial charge in [-0.3, -0.25) is 4.79 Å². The van der Waals surface area contributed by atoms with Gasteiger partial charge in [0.1, 0.15) is 11.6 Å². The molecule has 0 bridgehead atoms. The Morgan fingerprint density at radius 3 is 2.71 bits per heavy atom. The first-order valence-electron chi connectivity index (χ1n) is 9.73. The van der Waals surface area contributed by atoms with Crippen LogP contribution in [0, 0.1) is 5.82 Å². The number of hydrogen-bond acceptors (Lipinski definition) is 3. The molecule has 6 heteroatoms. The second-order valence-electron chi connectivity index (χ2n) is 7.60. The third-order valence-corrected chi connectivity index (χ3v) is 5.74. The zero-order chi connectivity index (χ0) is 19.6. The lowest BCUT2D eigenvalue weighted by molar-refractivity contribution is -0.128. The van der Waals surface area contributed by atoms with Gasteiger partial charge in [-0.25, -0.2) is 9.37 Å². The van der Waals surface area contributed by atoms with Gasteiger partial charge in [0.2, 0.25) is 5.91 Å². The van der Waals surface area contributed by atoms with Crippen LogP contribution < -0.4 is 5.32 Å². The molecule has 28 heavy (non-hydrogen) atoms. The van der Waals surface area contributed by atoms with Crippen molar-refractivity contribution in [1.29, 1.82) is 0 Å². The fraction of sp³-hybridized carbons (Fsp3) is 0.364. The molecule has 1 aliphatic heterocycles. The molecule has 5 nitrogen and oxygen atoms in total. The molecular weight excluding hydrogens is 355 g/mol. The summed E-state index contributed by atoms with van der Waals surface area (Å²) in [5.74, 6) is 0.537. The molecule has 146 valence electrons. The number of hydrogen-bond donors (Lipinski definition) is 2. The van der Waals surface area contributed by atoms with Crippen molar-refractivity contribution in [2.45, 2.75) is 24.7 Å². The lowest BCUT2D eigenvalue weighted by Crippen LogP contribution is -2.51. The van der Waals surface area contributed by atoms with E-state index in [2.05, 4.69) is 39.4 Å². The number of aromatic amines is 1. The Kier molecular flexibility index (Phi) is 5.13. The Morgan fingerprint density at radius 2 is 1.96 bits per heavy atom. The van der Waals surface area contributed by atoms with Crippen molar-refractivity contribution in [1.82, 2.24) is 20.2 Å². The van der Waals surface area contributed by atoms with Gasteiger partial charge in [0.25, 0.3) is 0 Å². The van der Waals surface area contributed by atoms with Gasteiger partial charge in [0.15, 0.2) is 0 Å². The summed E-state index contributed by atoms with van der Waals surface area (Å²) in [4.78, 5) is 23.1. The average Bonchev–Trinajstić information content (AvgIpc) is 3.11. The molecule has 1 amide bonds. The molecule has 2 N–H and O–H groups in total. The van der Waals surface area contributed by atoms with Gasteiger partial charge in [0.05, 0.1) is 16.4 Å². The van der Waals surface area contributed by atoms with Crippen LogP contribution in [0.1, 0.15) is 24.2 Å². The number of halogens is 1. The van der Waals surface area contributed by atoms with E-state index in [0.29, 0.717) is 18.5 Å². The van der Waals surface area contributed by atoms with E-state index in [1.165, 1.54) is 12.1 Å². The number of nitrogens with one attached hydrogen (secondary N) is 2. The van der Waals surface area contributed by atoms with Crippen LogP contribution in [0.15, 0.2) is 48.5 Å². The Labute approximate surface area is 164 Å². The summed E-state index contributed by atoms with van der Waals surface area (Å²) in [5, 5.41) is 3.12. The maximum absolute atomic E-state index is 13.3. The van der Waals surface area contributed by atoms with Crippen LogP contribution in [-0.4, -0.2) is 47.5 Å². The summed E-state index contributed by atoms with van der Waals surface area (Å²) in [6.07, 6.45) is 2.19. The molecular formula is C22H25FN4O. The van der Waals surface area contributed by atoms with Crippen LogP contribution >= 0.6 is 0 Å². The van der Waals surface area contributed by atoms with Crippen molar-refractivity contribution in [3.05, 3.63) is 65.7 Å². The van der Waals surface area contributed by atoms with Crippen molar-refractivity contribution < 1.29 is 9.18 Å². The number of nitrogens with zero attached hydrogens (tertiary/aromatic N) is 2. The van der Waals surface area contributed by atoms with Crippen LogP contribution in [0.25, 0.3) is 11.0 Å². The highest BCUT2D eigenvalue weighted by atomic mass is 19.1. The van der Waals surface area contributed by atoms with E-state index in [4.69, 9.17) is 0 Å². The summed E-state index contributed by atoms with van der Waals surface area (Å²) in [5.41, 5.74) is 2.01. The first kappa shape index (κ1) is 18.6. The van der Waals surface area contributed by atoms with Gasteiger partial charge in [-0.2, -0.15) is 0 Å². The minimum Gasteiger partial charge on any atom is -0.355 e. The Bertz CT molecular complexity index is 961. The highest BCUT2D eigenvalue weighted by Crippen LogP contribution is 2.35. The molecule has 0 aliphatic carbocycles. The first-order valence-corrected chi connectivity index (χ1v) is 9.73. The van der Waals surface area contributed by atoms with E-state index >= 15 is 0 Å². The molecule has 1 aliphatic rings. The van der Waals surface area contributed by atoms with E-state index in [1.54, 1.807) is 6.07 Å². The number of fused-ring (bicyclic) bond motifs is 1. The zero-order valence-electron chi connectivity index (χ0n) is 16.0. The summed E-state index contributed by atoms with van der Waals surface area (Å²) in [6, 6.07) is 14.6. The van der Waals surface area contributed by atoms with Crippen molar-refractivity contribution in [2.24, 2.45) is 0 Å². The molecule has 0 saturated carbocycles. The Balaban J connectivity index is 1.45. The first-order chi connectivity index (χ1) is 13.6. The monoisotopic (exact) mass is 380 g/mol. The fourth-order valence-electron chi connectivity index (χ4n) is 4.02. The lowest BCUT2D eigenvalue weighted by atomic mass is 9.72. The molecule has 2 aromatic carbocycles. The molecule has 0 radical (unpaired) electrons. The predicted molar refractivity (Wildman–Crippen MR) is 108 cm³/mol. The molecule has 4 rings (SSSR count). The maximum atomic E-state index is 13.3. The SMILES string of the molecule is CN1CCC(C(=O)NCCc2nc3ccc(F)cc3[nH]2)(c2ccccc2)CC1. The highest BCUT2D eigenvalue weighted by molar-refractivity contribution is 5.88. The molecule has 1 saturated heterocycles. The zero-order valence-corrected chi connectivity index (χ0v) is 16.0. The highest BCUT2D eigenvalue weighted by Gasteiger charge is 2.41. The van der Waals surface area contributed by atoms with Crippen LogP contribution in [0.4, 0.5) is 4.39 Å². The molecule has 1 aromatic heterocycles. The van der Waals surface area contributed by atoms with E-state index in [-0.39, 0.29) is 11.7 Å².